The Bertz CT molecular complexity index is 417. The van der Waals surface area contributed by atoms with Crippen molar-refractivity contribution in [3.05, 3.63) is 35.4 Å². The molecule has 1 rings (SSSR count). The molecule has 17 heavy (non-hydrogen) atoms. The molecule has 1 amide bonds. The van der Waals surface area contributed by atoms with Crippen LogP contribution >= 0.6 is 0 Å². The van der Waals surface area contributed by atoms with E-state index in [0.717, 1.165) is 5.56 Å². The maximum atomic E-state index is 11.6. The van der Waals surface area contributed by atoms with Crippen molar-refractivity contribution in [1.82, 2.24) is 0 Å². The second kappa shape index (κ2) is 6.00. The van der Waals surface area contributed by atoms with Crippen molar-refractivity contribution in [1.29, 1.82) is 0 Å². The number of hydrogen-bond acceptors (Lipinski definition) is 4. The monoisotopic (exact) mass is 237 g/mol. The van der Waals surface area contributed by atoms with Crippen LogP contribution in [0.5, 0.6) is 0 Å². The zero-order valence-corrected chi connectivity index (χ0v) is 9.80. The van der Waals surface area contributed by atoms with Gasteiger partial charge < -0.3 is 15.2 Å². The normalized spacial score (nSPS) is 11.9. The summed E-state index contributed by atoms with van der Waals surface area (Å²) in [6.07, 6.45) is -0.936. The van der Waals surface area contributed by atoms with E-state index >= 15 is 0 Å². The topological polar surface area (TPSA) is 78.6 Å². The molecule has 1 atom stereocenters. The van der Waals surface area contributed by atoms with E-state index < -0.39 is 18.0 Å². The standard InChI is InChI=1S/C12H15NO4/c1-8(11(13)14)17-12(15)10-5-3-4-9(6-10)7-16-2/h3-6,8H,7H2,1-2H3,(H2,13,14)/t8-/m1/s1. The van der Waals surface area contributed by atoms with E-state index in [9.17, 15) is 9.59 Å². The maximum absolute atomic E-state index is 11.6. The summed E-state index contributed by atoms with van der Waals surface area (Å²) >= 11 is 0. The van der Waals surface area contributed by atoms with Gasteiger partial charge in [0, 0.05) is 7.11 Å². The lowest BCUT2D eigenvalue weighted by Crippen LogP contribution is -2.30. The Labute approximate surface area is 99.5 Å². The van der Waals surface area contributed by atoms with Crippen LogP contribution in [0.3, 0.4) is 0 Å². The number of benzene rings is 1. The second-order valence-electron chi connectivity index (χ2n) is 3.58. The predicted molar refractivity (Wildman–Crippen MR) is 61.2 cm³/mol. The number of amides is 1. The highest BCUT2D eigenvalue weighted by molar-refractivity contribution is 5.92. The summed E-state index contributed by atoms with van der Waals surface area (Å²) < 4.78 is 9.83. The SMILES string of the molecule is COCc1cccc(C(=O)O[C@H](C)C(N)=O)c1. The molecule has 0 saturated carbocycles. The van der Waals surface area contributed by atoms with Gasteiger partial charge in [0.1, 0.15) is 0 Å². The summed E-state index contributed by atoms with van der Waals surface area (Å²) in [7, 11) is 1.57. The molecule has 0 unspecified atom stereocenters. The third kappa shape index (κ3) is 3.88. The minimum atomic E-state index is -0.936. The van der Waals surface area contributed by atoms with Crippen LogP contribution in [-0.2, 0) is 20.9 Å². The fraction of sp³-hybridized carbons (Fsp3) is 0.333. The summed E-state index contributed by atoms with van der Waals surface area (Å²) in [6, 6.07) is 6.81. The molecule has 5 heteroatoms. The first-order valence-corrected chi connectivity index (χ1v) is 5.12. The molecule has 2 N–H and O–H groups in total. The molecule has 0 aromatic heterocycles. The van der Waals surface area contributed by atoms with Crippen molar-refractivity contribution in [2.24, 2.45) is 5.73 Å². The molecule has 92 valence electrons. The Morgan fingerprint density at radius 3 is 2.71 bits per heavy atom. The van der Waals surface area contributed by atoms with E-state index in [0.29, 0.717) is 12.2 Å². The zero-order valence-electron chi connectivity index (χ0n) is 9.80. The average molecular weight is 237 g/mol. The van der Waals surface area contributed by atoms with Gasteiger partial charge in [-0.2, -0.15) is 0 Å². The van der Waals surface area contributed by atoms with Gasteiger partial charge in [0.2, 0.25) is 0 Å². The van der Waals surface area contributed by atoms with Crippen molar-refractivity contribution >= 4 is 11.9 Å². The van der Waals surface area contributed by atoms with Crippen molar-refractivity contribution in [3.63, 3.8) is 0 Å². The Hall–Kier alpha value is -1.88. The second-order valence-corrected chi connectivity index (χ2v) is 3.58. The third-order valence-corrected chi connectivity index (χ3v) is 2.16. The molecule has 0 heterocycles. The summed E-state index contributed by atoms with van der Waals surface area (Å²) in [5.74, 6) is -1.25. The van der Waals surface area contributed by atoms with Gasteiger partial charge in [-0.1, -0.05) is 12.1 Å². The molecule has 1 aromatic rings. The number of esters is 1. The molecule has 0 radical (unpaired) electrons. The highest BCUT2D eigenvalue weighted by Crippen LogP contribution is 2.09. The van der Waals surface area contributed by atoms with Crippen LogP contribution in [0.25, 0.3) is 0 Å². The van der Waals surface area contributed by atoms with Crippen LogP contribution < -0.4 is 5.73 Å². The van der Waals surface area contributed by atoms with Crippen LogP contribution in [0, 0.1) is 0 Å². The Morgan fingerprint density at radius 2 is 2.12 bits per heavy atom. The first kappa shape index (κ1) is 13.2. The molecule has 0 spiro atoms. The first-order valence-electron chi connectivity index (χ1n) is 5.12. The molecular formula is C12H15NO4. The average Bonchev–Trinajstić information content (AvgIpc) is 2.29. The third-order valence-electron chi connectivity index (χ3n) is 2.16. The Kier molecular flexibility index (Phi) is 4.66. The Morgan fingerprint density at radius 1 is 1.41 bits per heavy atom. The number of nitrogens with two attached hydrogens (primary N) is 1. The van der Waals surface area contributed by atoms with Crippen LogP contribution in [0.2, 0.25) is 0 Å². The summed E-state index contributed by atoms with van der Waals surface area (Å²) in [5, 5.41) is 0. The van der Waals surface area contributed by atoms with Gasteiger partial charge in [-0.05, 0) is 24.6 Å². The fourth-order valence-electron chi connectivity index (χ4n) is 1.24. The van der Waals surface area contributed by atoms with Gasteiger partial charge in [-0.3, -0.25) is 4.79 Å². The van der Waals surface area contributed by atoms with Crippen molar-refractivity contribution in [3.8, 4) is 0 Å². The number of hydrogen-bond donors (Lipinski definition) is 1. The molecular weight excluding hydrogens is 222 g/mol. The van der Waals surface area contributed by atoms with Crippen molar-refractivity contribution in [2.45, 2.75) is 19.6 Å². The molecule has 0 saturated heterocycles. The number of carbonyl (C=O) groups excluding carboxylic acids is 2. The van der Waals surface area contributed by atoms with Crippen LogP contribution in [0.15, 0.2) is 24.3 Å². The molecule has 0 bridgehead atoms. The zero-order chi connectivity index (χ0) is 12.8. The Balaban J connectivity index is 2.75. The number of carbonyl (C=O) groups is 2. The van der Waals surface area contributed by atoms with Crippen LogP contribution in [0.1, 0.15) is 22.8 Å². The molecule has 0 aliphatic carbocycles. The smallest absolute Gasteiger partial charge is 0.338 e. The summed E-state index contributed by atoms with van der Waals surface area (Å²) in [5.41, 5.74) is 6.23. The summed E-state index contributed by atoms with van der Waals surface area (Å²) in [6.45, 7) is 1.84. The van der Waals surface area contributed by atoms with E-state index in [-0.39, 0.29) is 0 Å². The van der Waals surface area contributed by atoms with Gasteiger partial charge in [0.05, 0.1) is 12.2 Å². The number of primary amides is 1. The van der Waals surface area contributed by atoms with Crippen molar-refractivity contribution < 1.29 is 19.1 Å². The number of ether oxygens (including phenoxy) is 2. The van der Waals surface area contributed by atoms with E-state index in [1.165, 1.54) is 6.92 Å². The van der Waals surface area contributed by atoms with Crippen molar-refractivity contribution in [2.75, 3.05) is 7.11 Å². The largest absolute Gasteiger partial charge is 0.449 e. The van der Waals surface area contributed by atoms with Gasteiger partial charge in [0.25, 0.3) is 5.91 Å². The van der Waals surface area contributed by atoms with Crippen LogP contribution in [-0.4, -0.2) is 25.1 Å². The molecule has 0 fully saturated rings. The van der Waals surface area contributed by atoms with Crippen LogP contribution in [0.4, 0.5) is 0 Å². The minimum Gasteiger partial charge on any atom is -0.449 e. The lowest BCUT2D eigenvalue weighted by Gasteiger charge is -2.10. The van der Waals surface area contributed by atoms with E-state index in [2.05, 4.69) is 0 Å². The van der Waals surface area contributed by atoms with Gasteiger partial charge in [0.15, 0.2) is 6.10 Å². The van der Waals surface area contributed by atoms with E-state index in [4.69, 9.17) is 15.2 Å². The predicted octanol–water partition coefficient (Wildman–Crippen LogP) is 0.864. The minimum absolute atomic E-state index is 0.368. The maximum Gasteiger partial charge on any atom is 0.338 e. The number of methoxy groups -OCH3 is 1. The lowest BCUT2D eigenvalue weighted by molar-refractivity contribution is -0.125. The highest BCUT2D eigenvalue weighted by Gasteiger charge is 2.16. The highest BCUT2D eigenvalue weighted by atomic mass is 16.5. The fourth-order valence-corrected chi connectivity index (χ4v) is 1.24. The molecule has 5 nitrogen and oxygen atoms in total. The molecule has 0 aliphatic rings. The quantitative estimate of drug-likeness (QED) is 0.770. The molecule has 1 aromatic carbocycles. The first-order chi connectivity index (χ1) is 8.04. The van der Waals surface area contributed by atoms with Gasteiger partial charge >= 0.3 is 5.97 Å². The van der Waals surface area contributed by atoms with E-state index in [1.807, 2.05) is 6.07 Å². The van der Waals surface area contributed by atoms with E-state index in [1.54, 1.807) is 25.3 Å². The van der Waals surface area contributed by atoms with Gasteiger partial charge in [-0.15, -0.1) is 0 Å². The number of rotatable bonds is 5. The molecule has 0 aliphatic heterocycles. The van der Waals surface area contributed by atoms with Gasteiger partial charge in [-0.25, -0.2) is 4.79 Å². The lowest BCUT2D eigenvalue weighted by atomic mass is 10.1. The summed E-state index contributed by atoms with van der Waals surface area (Å²) in [4.78, 5) is 22.4.